The van der Waals surface area contributed by atoms with Gasteiger partial charge in [-0.3, -0.25) is 0 Å². The minimum Gasteiger partial charge on any atom is -0.316 e. The second-order valence-electron chi connectivity index (χ2n) is 4.10. The molecule has 0 aliphatic carbocycles. The Kier molecular flexibility index (Phi) is 3.74. The Morgan fingerprint density at radius 1 is 1.25 bits per heavy atom. The van der Waals surface area contributed by atoms with E-state index in [1.807, 2.05) is 18.2 Å². The lowest BCUT2D eigenvalue weighted by atomic mass is 9.98. The first-order chi connectivity index (χ1) is 7.90. The van der Waals surface area contributed by atoms with Crippen molar-refractivity contribution in [1.82, 2.24) is 5.32 Å². The number of benzene rings is 1. The fraction of sp³-hybridized carbons (Fsp3) is 0.357. The van der Waals surface area contributed by atoms with Gasteiger partial charge in [-0.15, -0.1) is 0 Å². The number of hydrogen-bond acceptors (Lipinski definition) is 2. The normalized spacial score (nSPS) is 16.1. The van der Waals surface area contributed by atoms with Gasteiger partial charge < -0.3 is 5.32 Å². The molecule has 1 aromatic carbocycles. The smallest absolute Gasteiger partial charge is 0.0994 e. The molecule has 0 amide bonds. The van der Waals surface area contributed by atoms with Crippen LogP contribution in [0.2, 0.25) is 0 Å². The van der Waals surface area contributed by atoms with E-state index in [1.54, 1.807) is 0 Å². The van der Waals surface area contributed by atoms with Crippen LogP contribution in [0.4, 0.5) is 0 Å². The number of rotatable bonds is 2. The molecule has 0 spiro atoms. The quantitative estimate of drug-likeness (QED) is 0.764. The first-order valence-corrected chi connectivity index (χ1v) is 5.77. The van der Waals surface area contributed by atoms with Crippen LogP contribution in [-0.2, 0) is 6.42 Å². The van der Waals surface area contributed by atoms with Crippen molar-refractivity contribution in [3.05, 3.63) is 47.0 Å². The van der Waals surface area contributed by atoms with E-state index in [2.05, 4.69) is 23.5 Å². The highest BCUT2D eigenvalue weighted by Crippen LogP contribution is 2.16. The molecule has 1 N–H and O–H groups in total. The summed E-state index contributed by atoms with van der Waals surface area (Å²) in [6, 6.07) is 10.1. The molecule has 0 fully saturated rings. The maximum atomic E-state index is 9.02. The van der Waals surface area contributed by atoms with E-state index >= 15 is 0 Å². The predicted molar refractivity (Wildman–Crippen MR) is 65.0 cm³/mol. The van der Waals surface area contributed by atoms with Gasteiger partial charge in [0.15, 0.2) is 0 Å². The van der Waals surface area contributed by atoms with Crippen LogP contribution in [0.3, 0.4) is 0 Å². The van der Waals surface area contributed by atoms with Crippen LogP contribution in [-0.4, -0.2) is 13.1 Å². The molecule has 1 heterocycles. The Morgan fingerprint density at radius 2 is 2.12 bits per heavy atom. The summed E-state index contributed by atoms with van der Waals surface area (Å²) in [4.78, 5) is 0. The van der Waals surface area contributed by atoms with E-state index in [1.165, 1.54) is 5.57 Å². The van der Waals surface area contributed by atoms with Gasteiger partial charge in [0.05, 0.1) is 11.6 Å². The average molecular weight is 212 g/mol. The molecule has 1 aliphatic rings. The molecule has 0 saturated heterocycles. The van der Waals surface area contributed by atoms with Crippen molar-refractivity contribution in [3.8, 4) is 6.07 Å². The third kappa shape index (κ3) is 2.71. The van der Waals surface area contributed by atoms with Crippen molar-refractivity contribution < 1.29 is 0 Å². The topological polar surface area (TPSA) is 35.8 Å². The first kappa shape index (κ1) is 10.9. The Balaban J connectivity index is 2.14. The van der Waals surface area contributed by atoms with Gasteiger partial charge in [0.1, 0.15) is 0 Å². The van der Waals surface area contributed by atoms with E-state index in [0.717, 1.165) is 43.5 Å². The standard InChI is InChI=1S/C14H16N2/c15-11-14-6-2-1-5-13(14)10-12-4-3-8-16-9-7-12/h1-2,4-6,16H,3,7-10H2. The largest absolute Gasteiger partial charge is 0.316 e. The Labute approximate surface area is 96.6 Å². The van der Waals surface area contributed by atoms with E-state index in [-0.39, 0.29) is 0 Å². The lowest BCUT2D eigenvalue weighted by molar-refractivity contribution is 0.707. The molecule has 0 atom stereocenters. The molecule has 0 aromatic heterocycles. The van der Waals surface area contributed by atoms with E-state index in [9.17, 15) is 0 Å². The summed E-state index contributed by atoms with van der Waals surface area (Å²) in [6.07, 6.45) is 5.43. The fourth-order valence-corrected chi connectivity index (χ4v) is 2.04. The summed E-state index contributed by atoms with van der Waals surface area (Å²) in [7, 11) is 0. The summed E-state index contributed by atoms with van der Waals surface area (Å²) in [5, 5.41) is 12.4. The van der Waals surface area contributed by atoms with Gasteiger partial charge in [-0.25, -0.2) is 0 Å². The molecule has 2 rings (SSSR count). The van der Waals surface area contributed by atoms with Gasteiger partial charge in [-0.1, -0.05) is 29.8 Å². The van der Waals surface area contributed by atoms with E-state index < -0.39 is 0 Å². The summed E-state index contributed by atoms with van der Waals surface area (Å²) in [5.74, 6) is 0. The number of nitrogens with one attached hydrogen (secondary N) is 1. The monoisotopic (exact) mass is 212 g/mol. The summed E-state index contributed by atoms with van der Waals surface area (Å²) >= 11 is 0. The second kappa shape index (κ2) is 5.48. The minimum atomic E-state index is 0.806. The van der Waals surface area contributed by atoms with Crippen molar-refractivity contribution in [3.63, 3.8) is 0 Å². The van der Waals surface area contributed by atoms with Crippen LogP contribution >= 0.6 is 0 Å². The molecule has 0 unspecified atom stereocenters. The molecular formula is C14H16N2. The lowest BCUT2D eigenvalue weighted by Gasteiger charge is -2.07. The fourth-order valence-electron chi connectivity index (χ4n) is 2.04. The van der Waals surface area contributed by atoms with Crippen LogP contribution in [0, 0.1) is 11.3 Å². The maximum absolute atomic E-state index is 9.02. The van der Waals surface area contributed by atoms with Crippen LogP contribution in [0.1, 0.15) is 24.0 Å². The number of hydrogen-bond donors (Lipinski definition) is 1. The maximum Gasteiger partial charge on any atom is 0.0994 e. The molecule has 82 valence electrons. The highest BCUT2D eigenvalue weighted by atomic mass is 14.8. The molecule has 2 nitrogen and oxygen atoms in total. The van der Waals surface area contributed by atoms with Crippen molar-refractivity contribution in [2.45, 2.75) is 19.3 Å². The van der Waals surface area contributed by atoms with Gasteiger partial charge in [0.25, 0.3) is 0 Å². The molecule has 0 bridgehead atoms. The van der Waals surface area contributed by atoms with Gasteiger partial charge in [-0.05, 0) is 44.0 Å². The third-order valence-electron chi connectivity index (χ3n) is 2.93. The first-order valence-electron chi connectivity index (χ1n) is 5.77. The van der Waals surface area contributed by atoms with Gasteiger partial charge in [0, 0.05) is 0 Å². The zero-order valence-corrected chi connectivity index (χ0v) is 9.37. The number of nitrogens with zero attached hydrogens (tertiary/aromatic N) is 1. The van der Waals surface area contributed by atoms with Crippen molar-refractivity contribution in [2.75, 3.05) is 13.1 Å². The minimum absolute atomic E-state index is 0.806. The zero-order chi connectivity index (χ0) is 11.2. The molecule has 1 aromatic rings. The van der Waals surface area contributed by atoms with Crippen LogP contribution < -0.4 is 5.32 Å². The Bertz CT molecular complexity index is 427. The van der Waals surface area contributed by atoms with Crippen molar-refractivity contribution >= 4 is 0 Å². The summed E-state index contributed by atoms with van der Waals surface area (Å²) in [6.45, 7) is 2.13. The molecule has 0 radical (unpaired) electrons. The average Bonchev–Trinajstić information content (AvgIpc) is 2.58. The SMILES string of the molecule is N#Cc1ccccc1CC1=CCCNCC1. The highest BCUT2D eigenvalue weighted by Gasteiger charge is 2.06. The molecule has 2 heteroatoms. The van der Waals surface area contributed by atoms with Crippen molar-refractivity contribution in [2.24, 2.45) is 0 Å². The van der Waals surface area contributed by atoms with Crippen molar-refractivity contribution in [1.29, 1.82) is 5.26 Å². The van der Waals surface area contributed by atoms with Crippen LogP contribution in [0.5, 0.6) is 0 Å². The molecular weight excluding hydrogens is 196 g/mol. The lowest BCUT2D eigenvalue weighted by Crippen LogP contribution is -2.14. The second-order valence-corrected chi connectivity index (χ2v) is 4.10. The van der Waals surface area contributed by atoms with Gasteiger partial charge in [-0.2, -0.15) is 5.26 Å². The van der Waals surface area contributed by atoms with Crippen LogP contribution in [0.15, 0.2) is 35.9 Å². The third-order valence-corrected chi connectivity index (χ3v) is 2.93. The molecule has 16 heavy (non-hydrogen) atoms. The van der Waals surface area contributed by atoms with E-state index in [4.69, 9.17) is 5.26 Å². The summed E-state index contributed by atoms with van der Waals surface area (Å²) < 4.78 is 0. The molecule has 1 aliphatic heterocycles. The van der Waals surface area contributed by atoms with Crippen LogP contribution in [0.25, 0.3) is 0 Å². The zero-order valence-electron chi connectivity index (χ0n) is 9.37. The molecule has 0 saturated carbocycles. The number of nitriles is 1. The highest BCUT2D eigenvalue weighted by molar-refractivity contribution is 5.39. The Hall–Kier alpha value is -1.59. The van der Waals surface area contributed by atoms with Gasteiger partial charge in [0.2, 0.25) is 0 Å². The predicted octanol–water partition coefficient (Wildman–Crippen LogP) is 2.41. The summed E-state index contributed by atoms with van der Waals surface area (Å²) in [5.41, 5.74) is 3.41. The Morgan fingerprint density at radius 3 is 3.00 bits per heavy atom. The van der Waals surface area contributed by atoms with E-state index in [0.29, 0.717) is 0 Å². The van der Waals surface area contributed by atoms with Gasteiger partial charge >= 0.3 is 0 Å².